The van der Waals surface area contributed by atoms with E-state index >= 15 is 0 Å². The van der Waals surface area contributed by atoms with Crippen molar-refractivity contribution in [2.45, 2.75) is 38.7 Å². The van der Waals surface area contributed by atoms with Gasteiger partial charge in [-0.25, -0.2) is 4.57 Å². The minimum Gasteiger partial charge on any atom is -0.236 e. The molecule has 0 bridgehead atoms. The number of aryl methyl sites for hydroxylation is 2. The second kappa shape index (κ2) is 4.72. The molecule has 1 unspecified atom stereocenters. The van der Waals surface area contributed by atoms with Crippen molar-refractivity contribution in [1.82, 2.24) is 4.98 Å². The lowest BCUT2D eigenvalue weighted by Crippen LogP contribution is -2.41. The van der Waals surface area contributed by atoms with E-state index in [0.29, 0.717) is 0 Å². The summed E-state index contributed by atoms with van der Waals surface area (Å²) in [7, 11) is 0.200. The first-order valence-corrected chi connectivity index (χ1v) is 14.7. The zero-order valence-electron chi connectivity index (χ0n) is 14.0. The molecule has 0 N–H and O–H groups in total. The maximum atomic E-state index is 4.77. The van der Waals surface area contributed by atoms with Crippen LogP contribution in [0.3, 0.4) is 0 Å². The summed E-state index contributed by atoms with van der Waals surface area (Å²) in [5, 5.41) is 4.88. The molecule has 2 nitrogen and oxygen atoms in total. The molecule has 0 aliphatic carbocycles. The van der Waals surface area contributed by atoms with Gasteiger partial charge in [-0.05, 0) is 17.1 Å². The average Bonchev–Trinajstić information content (AvgIpc) is 2.92. The third-order valence-corrected chi connectivity index (χ3v) is 16.7. The number of aromatic nitrogens is 2. The number of thiophene rings is 1. The molecule has 1 aliphatic heterocycles. The fourth-order valence-corrected chi connectivity index (χ4v) is 17.9. The molecule has 0 amide bonds. The third kappa shape index (κ3) is 1.88. The van der Waals surface area contributed by atoms with Crippen molar-refractivity contribution in [3.63, 3.8) is 0 Å². The van der Waals surface area contributed by atoms with E-state index in [9.17, 15) is 0 Å². The van der Waals surface area contributed by atoms with Gasteiger partial charge in [0.15, 0.2) is 0 Å². The second-order valence-electron chi connectivity index (χ2n) is 7.36. The van der Waals surface area contributed by atoms with Gasteiger partial charge in [-0.2, -0.15) is 0 Å². The molecule has 22 heavy (non-hydrogen) atoms. The molecule has 2 aromatic heterocycles. The molecule has 1 aromatic carbocycles. The summed E-state index contributed by atoms with van der Waals surface area (Å²) in [6.07, 6.45) is 3.05. The van der Waals surface area contributed by atoms with Gasteiger partial charge in [0.1, 0.15) is 10.4 Å². The van der Waals surface area contributed by atoms with Gasteiger partial charge in [-0.15, -0.1) is 11.3 Å². The van der Waals surface area contributed by atoms with Crippen molar-refractivity contribution in [2.24, 2.45) is 7.05 Å². The zero-order chi connectivity index (χ0) is 15.6. The molecule has 1 aliphatic rings. The number of rotatable bonds is 1. The van der Waals surface area contributed by atoms with Crippen LogP contribution in [0.5, 0.6) is 0 Å². The molecule has 114 valence electrons. The van der Waals surface area contributed by atoms with Gasteiger partial charge in [-0.1, -0.05) is 42.6 Å². The molecule has 3 heterocycles. The predicted molar refractivity (Wildman–Crippen MR) is 102 cm³/mol. The summed E-state index contributed by atoms with van der Waals surface area (Å²) in [4.78, 5) is 4.77. The van der Waals surface area contributed by atoms with E-state index in [0.717, 1.165) is 6.42 Å². The van der Waals surface area contributed by atoms with Gasteiger partial charge < -0.3 is 0 Å². The highest BCUT2D eigenvalue weighted by atomic mass is 32.1. The number of fused-ring (bicyclic) bond motifs is 4. The molecular formula is C17H23N2SSi2+. The lowest BCUT2D eigenvalue weighted by atomic mass is 10.2. The van der Waals surface area contributed by atoms with Crippen LogP contribution in [0, 0.1) is 0 Å². The summed E-state index contributed by atoms with van der Waals surface area (Å²) in [5.41, 5.74) is 4.16. The number of hydrogen-bond acceptors (Lipinski definition) is 2. The predicted octanol–water partition coefficient (Wildman–Crippen LogP) is 2.37. The van der Waals surface area contributed by atoms with E-state index in [1.165, 1.54) is 31.7 Å². The quantitative estimate of drug-likeness (QED) is 0.490. The first kappa shape index (κ1) is 14.5. The van der Waals surface area contributed by atoms with E-state index in [-0.39, 0.29) is 0 Å². The van der Waals surface area contributed by atoms with Gasteiger partial charge in [0.25, 0.3) is 6.33 Å². The van der Waals surface area contributed by atoms with Crippen LogP contribution in [0.4, 0.5) is 0 Å². The Morgan fingerprint density at radius 3 is 2.86 bits per heavy atom. The number of nitrogens with zero attached hydrogens (tertiary/aromatic N) is 2. The fourth-order valence-electron chi connectivity index (χ4n) is 4.23. The second-order valence-corrected chi connectivity index (χ2v) is 16.8. The summed E-state index contributed by atoms with van der Waals surface area (Å²) in [6, 6.07) is 5.06. The van der Waals surface area contributed by atoms with E-state index < -0.39 is 16.9 Å². The summed E-state index contributed by atoms with van der Waals surface area (Å²) in [5.74, 6) is 0. The highest BCUT2D eigenvalue weighted by Crippen LogP contribution is 2.34. The molecule has 1 atom stereocenters. The Morgan fingerprint density at radius 1 is 1.36 bits per heavy atom. The van der Waals surface area contributed by atoms with E-state index in [1.54, 1.807) is 10.4 Å². The highest BCUT2D eigenvalue weighted by molar-refractivity contribution is 7.26. The first-order chi connectivity index (χ1) is 10.4. The van der Waals surface area contributed by atoms with Crippen LogP contribution in [0.2, 0.25) is 25.3 Å². The first-order valence-electron chi connectivity index (χ1n) is 8.16. The van der Waals surface area contributed by atoms with Crippen LogP contribution < -0.4 is 14.9 Å². The SMILES string of the molecule is CCc1c2sc3cc4c(cc3c2nc[n+]1C)[Si](C)(C)C[SiH]4C. The van der Waals surface area contributed by atoms with E-state index in [2.05, 4.69) is 50.3 Å². The molecule has 0 spiro atoms. The Kier molecular flexibility index (Phi) is 3.12. The largest absolute Gasteiger partial charge is 0.286 e. The lowest BCUT2D eigenvalue weighted by Gasteiger charge is -2.16. The normalized spacial score (nSPS) is 20.0. The maximum absolute atomic E-state index is 4.77. The Hall–Kier alpha value is -1.05. The summed E-state index contributed by atoms with van der Waals surface area (Å²) in [6.45, 7) is 9.88. The van der Waals surface area contributed by atoms with Crippen molar-refractivity contribution < 1.29 is 4.57 Å². The van der Waals surface area contributed by atoms with Gasteiger partial charge in [0.2, 0.25) is 5.52 Å². The minimum atomic E-state index is -1.20. The fraction of sp³-hybridized carbons (Fsp3) is 0.412. The minimum absolute atomic E-state index is 0.711. The van der Waals surface area contributed by atoms with Crippen LogP contribution in [-0.4, -0.2) is 21.9 Å². The van der Waals surface area contributed by atoms with Crippen molar-refractivity contribution >= 4 is 58.9 Å². The topological polar surface area (TPSA) is 16.8 Å². The zero-order valence-corrected chi connectivity index (χ0v) is 17.0. The van der Waals surface area contributed by atoms with Crippen molar-refractivity contribution in [3.05, 3.63) is 24.2 Å². The number of benzene rings is 1. The average molecular weight is 344 g/mol. The number of hydrogen-bond donors (Lipinski definition) is 0. The van der Waals surface area contributed by atoms with Gasteiger partial charge in [-0.3, -0.25) is 0 Å². The lowest BCUT2D eigenvalue weighted by molar-refractivity contribution is -0.680. The van der Waals surface area contributed by atoms with Crippen LogP contribution in [-0.2, 0) is 13.5 Å². The van der Waals surface area contributed by atoms with Crippen molar-refractivity contribution in [2.75, 3.05) is 0 Å². The molecule has 0 radical (unpaired) electrons. The third-order valence-electron chi connectivity index (χ3n) is 5.29. The smallest absolute Gasteiger partial charge is 0.236 e. The molecule has 5 heteroatoms. The van der Waals surface area contributed by atoms with Gasteiger partial charge in [0, 0.05) is 16.5 Å². The summed E-state index contributed by atoms with van der Waals surface area (Å²) < 4.78 is 5.02. The molecule has 0 fully saturated rings. The molecular weight excluding hydrogens is 320 g/mol. The molecule has 0 saturated heterocycles. The Balaban J connectivity index is 2.11. The standard InChI is InChI=1S/C17H23N2SSi2/c1-6-12-17-16(18-9-19(12)2)11-7-15-14(8-13(11)20-17)21(3)10-22(15,4)5/h7-9,21H,6,10H2,1-5H3/q+1. The molecule has 0 saturated carbocycles. The van der Waals surface area contributed by atoms with Crippen LogP contribution in [0.15, 0.2) is 18.5 Å². The Labute approximate surface area is 138 Å². The Morgan fingerprint density at radius 2 is 2.14 bits per heavy atom. The van der Waals surface area contributed by atoms with Crippen LogP contribution in [0.25, 0.3) is 20.3 Å². The molecule has 4 rings (SSSR count). The summed E-state index contributed by atoms with van der Waals surface area (Å²) >= 11 is 1.95. The monoisotopic (exact) mass is 343 g/mol. The van der Waals surface area contributed by atoms with Crippen molar-refractivity contribution in [1.29, 1.82) is 0 Å². The van der Waals surface area contributed by atoms with Gasteiger partial charge in [0.05, 0.1) is 23.9 Å². The van der Waals surface area contributed by atoms with E-state index in [1.807, 2.05) is 17.7 Å². The van der Waals surface area contributed by atoms with Crippen molar-refractivity contribution in [3.8, 4) is 0 Å². The highest BCUT2D eigenvalue weighted by Gasteiger charge is 2.37. The maximum Gasteiger partial charge on any atom is 0.286 e. The van der Waals surface area contributed by atoms with E-state index in [4.69, 9.17) is 4.98 Å². The van der Waals surface area contributed by atoms with Gasteiger partial charge >= 0.3 is 0 Å². The Bertz CT molecular complexity index is 914. The van der Waals surface area contributed by atoms with Crippen LogP contribution >= 0.6 is 11.3 Å². The molecule has 3 aromatic rings. The van der Waals surface area contributed by atoms with Crippen LogP contribution in [0.1, 0.15) is 12.6 Å².